The first kappa shape index (κ1) is 14.8. The number of sulfonamides is 1. The summed E-state index contributed by atoms with van der Waals surface area (Å²) < 4.78 is 26.0. The van der Waals surface area contributed by atoms with Crippen LogP contribution < -0.4 is 15.8 Å². The Kier molecular flexibility index (Phi) is 4.58. The fourth-order valence-corrected chi connectivity index (χ4v) is 3.22. The van der Waals surface area contributed by atoms with E-state index in [1.54, 1.807) is 13.8 Å². The summed E-state index contributed by atoms with van der Waals surface area (Å²) in [6.07, 6.45) is 0. The molecule has 1 aromatic rings. The van der Waals surface area contributed by atoms with Crippen molar-refractivity contribution < 1.29 is 13.2 Å². The Bertz CT molecular complexity index is 557. The molecule has 4 N–H and O–H groups in total. The first-order chi connectivity index (χ1) is 8.22. The van der Waals surface area contributed by atoms with Crippen molar-refractivity contribution in [2.75, 3.05) is 5.73 Å². The van der Waals surface area contributed by atoms with E-state index < -0.39 is 16.1 Å². The van der Waals surface area contributed by atoms with Gasteiger partial charge in [0.25, 0.3) is 10.0 Å². The van der Waals surface area contributed by atoms with Gasteiger partial charge in [-0.15, -0.1) is 0 Å². The molecule has 1 aromatic carbocycles. The summed E-state index contributed by atoms with van der Waals surface area (Å²) in [4.78, 5) is 11.3. The second-order valence-corrected chi connectivity index (χ2v) is 6.43. The molecule has 0 saturated heterocycles. The molecular weight excluding hydrogens is 322 g/mol. The number of halogens is 1. The lowest BCUT2D eigenvalue weighted by molar-refractivity contribution is 0.243. The van der Waals surface area contributed by atoms with Crippen LogP contribution in [0.2, 0.25) is 0 Å². The highest BCUT2D eigenvalue weighted by Gasteiger charge is 2.20. The summed E-state index contributed by atoms with van der Waals surface area (Å²) in [7, 11) is -3.92. The SMILES string of the molecule is CC(C)NC(=O)NS(=O)(=O)c1ccc(N)cc1Br. The molecule has 0 fully saturated rings. The summed E-state index contributed by atoms with van der Waals surface area (Å²) in [6, 6.07) is 3.29. The van der Waals surface area contributed by atoms with Gasteiger partial charge in [-0.25, -0.2) is 17.9 Å². The van der Waals surface area contributed by atoms with Gasteiger partial charge in [0.05, 0.1) is 0 Å². The van der Waals surface area contributed by atoms with Crippen LogP contribution in [0.3, 0.4) is 0 Å². The van der Waals surface area contributed by atoms with E-state index in [-0.39, 0.29) is 10.9 Å². The third-order valence-corrected chi connectivity index (χ3v) is 4.20. The van der Waals surface area contributed by atoms with Gasteiger partial charge in [-0.2, -0.15) is 0 Å². The van der Waals surface area contributed by atoms with Crippen LogP contribution in [-0.4, -0.2) is 20.5 Å². The second-order valence-electron chi connectivity index (χ2n) is 3.92. The molecular formula is C10H14BrN3O3S. The highest BCUT2D eigenvalue weighted by Crippen LogP contribution is 2.23. The number of hydrogen-bond acceptors (Lipinski definition) is 4. The van der Waals surface area contributed by atoms with E-state index in [0.29, 0.717) is 10.2 Å². The zero-order valence-corrected chi connectivity index (χ0v) is 12.3. The number of nitrogens with one attached hydrogen (secondary N) is 2. The fraction of sp³-hybridized carbons (Fsp3) is 0.300. The Morgan fingerprint density at radius 1 is 1.39 bits per heavy atom. The van der Waals surface area contributed by atoms with Crippen LogP contribution in [0, 0.1) is 0 Å². The molecule has 0 aliphatic rings. The molecule has 6 nitrogen and oxygen atoms in total. The highest BCUT2D eigenvalue weighted by atomic mass is 79.9. The van der Waals surface area contributed by atoms with Gasteiger partial charge in [0.15, 0.2) is 0 Å². The molecule has 0 heterocycles. The van der Waals surface area contributed by atoms with Crippen LogP contribution >= 0.6 is 15.9 Å². The van der Waals surface area contributed by atoms with Crippen molar-refractivity contribution in [2.24, 2.45) is 0 Å². The number of carbonyl (C=O) groups is 1. The molecule has 2 amide bonds. The van der Waals surface area contributed by atoms with Crippen molar-refractivity contribution in [3.8, 4) is 0 Å². The normalized spacial score (nSPS) is 11.3. The van der Waals surface area contributed by atoms with E-state index >= 15 is 0 Å². The average molecular weight is 336 g/mol. The van der Waals surface area contributed by atoms with Crippen molar-refractivity contribution in [1.29, 1.82) is 0 Å². The maximum atomic E-state index is 11.9. The Morgan fingerprint density at radius 3 is 2.50 bits per heavy atom. The number of anilines is 1. The molecule has 0 unspecified atom stereocenters. The lowest BCUT2D eigenvalue weighted by Crippen LogP contribution is -2.42. The summed E-state index contributed by atoms with van der Waals surface area (Å²) in [5.74, 6) is 0. The van der Waals surface area contributed by atoms with Crippen LogP contribution in [0.4, 0.5) is 10.5 Å². The van der Waals surface area contributed by atoms with E-state index in [4.69, 9.17) is 5.73 Å². The number of hydrogen-bond donors (Lipinski definition) is 3. The minimum atomic E-state index is -3.92. The van der Waals surface area contributed by atoms with Gasteiger partial charge in [0, 0.05) is 16.2 Å². The van der Waals surface area contributed by atoms with Crippen molar-refractivity contribution >= 4 is 37.7 Å². The zero-order valence-electron chi connectivity index (χ0n) is 9.90. The summed E-state index contributed by atoms with van der Waals surface area (Å²) >= 11 is 3.09. The molecule has 0 aliphatic carbocycles. The second kappa shape index (κ2) is 5.57. The van der Waals surface area contributed by atoms with E-state index in [1.165, 1.54) is 18.2 Å². The maximum Gasteiger partial charge on any atom is 0.328 e. The Hall–Kier alpha value is -1.28. The van der Waals surface area contributed by atoms with Crippen molar-refractivity contribution in [1.82, 2.24) is 10.0 Å². The topological polar surface area (TPSA) is 101 Å². The largest absolute Gasteiger partial charge is 0.399 e. The fourth-order valence-electron chi connectivity index (χ4n) is 1.20. The zero-order chi connectivity index (χ0) is 13.9. The highest BCUT2D eigenvalue weighted by molar-refractivity contribution is 9.10. The lowest BCUT2D eigenvalue weighted by Gasteiger charge is -2.11. The number of nitrogens with two attached hydrogens (primary N) is 1. The number of nitrogen functional groups attached to an aromatic ring is 1. The number of carbonyl (C=O) groups excluding carboxylic acids is 1. The molecule has 1 rings (SSSR count). The first-order valence-corrected chi connectivity index (χ1v) is 7.38. The third kappa shape index (κ3) is 3.88. The molecule has 8 heteroatoms. The third-order valence-electron chi connectivity index (χ3n) is 1.89. The summed E-state index contributed by atoms with van der Waals surface area (Å²) in [5, 5.41) is 2.43. The quantitative estimate of drug-likeness (QED) is 0.727. The van der Waals surface area contributed by atoms with Crippen LogP contribution in [0.5, 0.6) is 0 Å². The number of amides is 2. The Labute approximate surface area is 114 Å². The maximum absolute atomic E-state index is 11.9. The number of rotatable bonds is 3. The van der Waals surface area contributed by atoms with Crippen LogP contribution in [-0.2, 0) is 10.0 Å². The van der Waals surface area contributed by atoms with Crippen molar-refractivity contribution in [2.45, 2.75) is 24.8 Å². The van der Waals surface area contributed by atoms with Gasteiger partial charge in [-0.3, -0.25) is 0 Å². The Balaban J connectivity index is 2.97. The van der Waals surface area contributed by atoms with E-state index in [0.717, 1.165) is 0 Å². The smallest absolute Gasteiger partial charge is 0.328 e. The predicted octanol–water partition coefficient (Wildman–Crippen LogP) is 1.43. The van der Waals surface area contributed by atoms with Gasteiger partial charge < -0.3 is 11.1 Å². The molecule has 100 valence electrons. The monoisotopic (exact) mass is 335 g/mol. The first-order valence-electron chi connectivity index (χ1n) is 5.10. The molecule has 0 radical (unpaired) electrons. The number of benzene rings is 1. The van der Waals surface area contributed by atoms with Gasteiger partial charge in [0.1, 0.15) is 4.90 Å². The standard InChI is InChI=1S/C10H14BrN3O3S/c1-6(2)13-10(15)14-18(16,17)9-4-3-7(12)5-8(9)11/h3-6H,12H2,1-2H3,(H2,13,14,15). The van der Waals surface area contributed by atoms with E-state index in [2.05, 4.69) is 21.2 Å². The van der Waals surface area contributed by atoms with Crippen LogP contribution in [0.15, 0.2) is 27.6 Å². The molecule has 18 heavy (non-hydrogen) atoms. The minimum absolute atomic E-state index is 0.0457. The molecule has 0 saturated carbocycles. The van der Waals surface area contributed by atoms with Crippen molar-refractivity contribution in [3.05, 3.63) is 22.7 Å². The minimum Gasteiger partial charge on any atom is -0.399 e. The van der Waals surface area contributed by atoms with Crippen molar-refractivity contribution in [3.63, 3.8) is 0 Å². The molecule has 0 atom stereocenters. The summed E-state index contributed by atoms with van der Waals surface area (Å²) in [6.45, 7) is 3.46. The van der Waals surface area contributed by atoms with Crippen LogP contribution in [0.25, 0.3) is 0 Å². The predicted molar refractivity (Wildman–Crippen MR) is 72.5 cm³/mol. The Morgan fingerprint density at radius 2 is 2.00 bits per heavy atom. The summed E-state index contributed by atoms with van der Waals surface area (Å²) in [5.41, 5.74) is 5.94. The number of urea groups is 1. The molecule has 0 aliphatic heterocycles. The van der Waals surface area contributed by atoms with Gasteiger partial charge >= 0.3 is 6.03 Å². The van der Waals surface area contributed by atoms with Gasteiger partial charge in [-0.05, 0) is 48.0 Å². The average Bonchev–Trinajstić information content (AvgIpc) is 2.13. The van der Waals surface area contributed by atoms with Crippen LogP contribution in [0.1, 0.15) is 13.8 Å². The molecule has 0 aromatic heterocycles. The molecule has 0 bridgehead atoms. The van der Waals surface area contributed by atoms with E-state index in [1.807, 2.05) is 4.72 Å². The van der Waals surface area contributed by atoms with E-state index in [9.17, 15) is 13.2 Å². The van der Waals surface area contributed by atoms with Gasteiger partial charge in [-0.1, -0.05) is 0 Å². The van der Waals surface area contributed by atoms with Gasteiger partial charge in [0.2, 0.25) is 0 Å². The molecule has 0 spiro atoms. The lowest BCUT2D eigenvalue weighted by atomic mass is 10.3.